The van der Waals surface area contributed by atoms with E-state index in [-0.39, 0.29) is 18.6 Å². The zero-order valence-electron chi connectivity index (χ0n) is 19.6. The Morgan fingerprint density at radius 3 is 2.67 bits per heavy atom. The van der Waals surface area contributed by atoms with Gasteiger partial charge in [0.1, 0.15) is 32.2 Å². The van der Waals surface area contributed by atoms with Gasteiger partial charge in [0.25, 0.3) is 0 Å². The first-order chi connectivity index (χ1) is 17.4. The number of anilines is 1. The van der Waals surface area contributed by atoms with Crippen LogP contribution in [0.15, 0.2) is 43.0 Å². The normalized spacial score (nSPS) is 27.0. The predicted molar refractivity (Wildman–Crippen MR) is 125 cm³/mol. The molecule has 36 heavy (non-hydrogen) atoms. The lowest BCUT2D eigenvalue weighted by atomic mass is 10.1. The van der Waals surface area contributed by atoms with Crippen LogP contribution in [0.25, 0.3) is 11.2 Å². The van der Waals surface area contributed by atoms with Gasteiger partial charge in [-0.3, -0.25) is 9.88 Å². The number of imidazole rings is 1. The van der Waals surface area contributed by atoms with Gasteiger partial charge in [-0.15, -0.1) is 0 Å². The quantitative estimate of drug-likeness (QED) is 0.422. The van der Waals surface area contributed by atoms with Crippen molar-refractivity contribution in [3.8, 4) is 0 Å². The number of nitrogens with one attached hydrogen (secondary N) is 2. The lowest BCUT2D eigenvalue weighted by Crippen LogP contribution is -2.32. The van der Waals surface area contributed by atoms with Crippen LogP contribution < -0.4 is 15.5 Å². The SMILES string of the molecule is CCNC(=O)Nc1ncnc2c1ncn2[C@@H]1O[C@H](COP(=O)([O-])CC)[C@@H]2O[C@H](c3ccccc3)O[C@@H]21. The molecule has 0 bridgehead atoms. The van der Waals surface area contributed by atoms with Gasteiger partial charge in [-0.2, -0.15) is 0 Å². The van der Waals surface area contributed by atoms with Crippen molar-refractivity contribution in [2.24, 2.45) is 0 Å². The van der Waals surface area contributed by atoms with Crippen molar-refractivity contribution < 1.29 is 33.0 Å². The molecular formula is C22H26N6O7P-. The highest BCUT2D eigenvalue weighted by Gasteiger charge is 2.54. The average Bonchev–Trinajstić information content (AvgIpc) is 3.58. The molecule has 0 spiro atoms. The van der Waals surface area contributed by atoms with Crippen LogP contribution in [0.3, 0.4) is 0 Å². The number of carbonyl (C=O) groups is 1. The number of carbonyl (C=O) groups excluding carboxylic acids is 1. The molecule has 1 aromatic carbocycles. The van der Waals surface area contributed by atoms with Gasteiger partial charge in [-0.05, 0) is 6.92 Å². The van der Waals surface area contributed by atoms with E-state index in [1.807, 2.05) is 30.3 Å². The van der Waals surface area contributed by atoms with E-state index in [2.05, 4.69) is 25.6 Å². The van der Waals surface area contributed by atoms with Gasteiger partial charge in [0, 0.05) is 18.3 Å². The van der Waals surface area contributed by atoms with Crippen LogP contribution in [0.5, 0.6) is 0 Å². The zero-order chi connectivity index (χ0) is 25.3. The number of urea groups is 1. The Bertz CT molecular complexity index is 1270. The van der Waals surface area contributed by atoms with Crippen LogP contribution in [-0.4, -0.2) is 63.2 Å². The molecule has 0 radical (unpaired) electrons. The fourth-order valence-electron chi connectivity index (χ4n) is 4.18. The van der Waals surface area contributed by atoms with Crippen LogP contribution in [0.4, 0.5) is 10.6 Å². The summed E-state index contributed by atoms with van der Waals surface area (Å²) < 4.78 is 37.5. The summed E-state index contributed by atoms with van der Waals surface area (Å²) in [5, 5.41) is 5.30. The first kappa shape index (κ1) is 24.8. The molecule has 2 amide bonds. The third-order valence-corrected chi connectivity index (χ3v) is 7.26. The number of hydrogen-bond donors (Lipinski definition) is 2. The van der Waals surface area contributed by atoms with Crippen LogP contribution in [0.1, 0.15) is 31.9 Å². The number of hydrogen-bond acceptors (Lipinski definition) is 10. The maximum atomic E-state index is 12.0. The summed E-state index contributed by atoms with van der Waals surface area (Å²) >= 11 is 0. The maximum absolute atomic E-state index is 12.0. The summed E-state index contributed by atoms with van der Waals surface area (Å²) in [6, 6.07) is 9.00. The average molecular weight is 517 g/mol. The van der Waals surface area contributed by atoms with E-state index in [0.29, 0.717) is 17.7 Å². The smallest absolute Gasteiger partial charge is 0.320 e. The number of benzene rings is 1. The Balaban J connectivity index is 1.45. The molecule has 0 aliphatic carbocycles. The molecule has 13 nitrogen and oxygen atoms in total. The highest BCUT2D eigenvalue weighted by atomic mass is 31.2. The molecule has 1 unspecified atom stereocenters. The van der Waals surface area contributed by atoms with Gasteiger partial charge in [0.2, 0.25) is 0 Å². The van der Waals surface area contributed by atoms with Crippen molar-refractivity contribution in [3.63, 3.8) is 0 Å². The molecule has 6 atom stereocenters. The fourth-order valence-corrected chi connectivity index (χ4v) is 4.74. The number of fused-ring (bicyclic) bond motifs is 2. The zero-order valence-corrected chi connectivity index (χ0v) is 20.5. The maximum Gasteiger partial charge on any atom is 0.320 e. The number of nitrogens with zero attached hydrogens (tertiary/aromatic N) is 4. The molecule has 2 saturated heterocycles. The summed E-state index contributed by atoms with van der Waals surface area (Å²) in [5.41, 5.74) is 1.58. The fraction of sp³-hybridized carbons (Fsp3) is 0.455. The van der Waals surface area contributed by atoms with Crippen molar-refractivity contribution in [2.45, 2.75) is 44.7 Å². The second-order valence-corrected chi connectivity index (χ2v) is 10.4. The molecule has 2 aliphatic rings. The van der Waals surface area contributed by atoms with Crippen LogP contribution >= 0.6 is 7.60 Å². The number of rotatable bonds is 8. The van der Waals surface area contributed by atoms with E-state index in [9.17, 15) is 14.3 Å². The van der Waals surface area contributed by atoms with Gasteiger partial charge < -0.3 is 33.5 Å². The first-order valence-corrected chi connectivity index (χ1v) is 13.3. The first-order valence-electron chi connectivity index (χ1n) is 11.6. The topological polar surface area (TPSA) is 162 Å². The molecule has 192 valence electrons. The molecule has 3 aromatic rings. The Hall–Kier alpha value is -2.93. The lowest BCUT2D eigenvalue weighted by molar-refractivity contribution is -0.203. The molecular weight excluding hydrogens is 491 g/mol. The second-order valence-electron chi connectivity index (χ2n) is 8.26. The summed E-state index contributed by atoms with van der Waals surface area (Å²) in [6.45, 7) is 3.55. The van der Waals surface area contributed by atoms with Gasteiger partial charge in [0.05, 0.1) is 12.9 Å². The number of ether oxygens (including phenoxy) is 3. The molecule has 2 fully saturated rings. The molecule has 5 rings (SSSR count). The lowest BCUT2D eigenvalue weighted by Gasteiger charge is -2.25. The molecule has 14 heteroatoms. The van der Waals surface area contributed by atoms with Gasteiger partial charge >= 0.3 is 6.03 Å². The Morgan fingerprint density at radius 1 is 1.14 bits per heavy atom. The molecule has 4 heterocycles. The highest BCUT2D eigenvalue weighted by Crippen LogP contribution is 2.46. The van der Waals surface area contributed by atoms with Crippen molar-refractivity contribution in [2.75, 3.05) is 24.6 Å². The van der Waals surface area contributed by atoms with Gasteiger partial charge in [0.15, 0.2) is 29.5 Å². The minimum Gasteiger partial charge on any atom is -0.779 e. The van der Waals surface area contributed by atoms with Gasteiger partial charge in [-0.1, -0.05) is 37.3 Å². The Labute approximate surface area is 206 Å². The number of aromatic nitrogens is 4. The largest absolute Gasteiger partial charge is 0.779 e. The van der Waals surface area contributed by atoms with Crippen molar-refractivity contribution >= 4 is 30.6 Å². The van der Waals surface area contributed by atoms with E-state index < -0.39 is 44.5 Å². The van der Waals surface area contributed by atoms with E-state index in [4.69, 9.17) is 18.7 Å². The standard InChI is InChI=1S/C22H27N6O7P/c1-3-23-22(29)27-18-15-19(25-11-24-18)28(12-26-15)20-17-16(14(33-20)10-32-36(30,31)4-2)34-21(35-17)13-8-6-5-7-9-13/h5-9,11-12,14,16-17,20-21H,3-4,10H2,1-2H3,(H,30,31)(H2,23,24,25,27,29)/p-1/t14-,16+,17+,20-,21+/m1/s1. The van der Waals surface area contributed by atoms with Crippen molar-refractivity contribution in [3.05, 3.63) is 48.5 Å². The summed E-state index contributed by atoms with van der Waals surface area (Å²) in [5.74, 6) is 0.236. The van der Waals surface area contributed by atoms with Crippen molar-refractivity contribution in [1.82, 2.24) is 24.8 Å². The number of amides is 2. The predicted octanol–water partition coefficient (Wildman–Crippen LogP) is 1.94. The molecule has 2 N–H and O–H groups in total. The minimum atomic E-state index is -3.99. The third-order valence-electron chi connectivity index (χ3n) is 5.94. The third kappa shape index (κ3) is 4.85. The van der Waals surface area contributed by atoms with Crippen molar-refractivity contribution in [1.29, 1.82) is 0 Å². The van der Waals surface area contributed by atoms with E-state index in [1.165, 1.54) is 19.6 Å². The Morgan fingerprint density at radius 2 is 1.92 bits per heavy atom. The Kier molecular flexibility index (Phi) is 7.02. The molecule has 2 aliphatic heterocycles. The van der Waals surface area contributed by atoms with E-state index >= 15 is 0 Å². The highest BCUT2D eigenvalue weighted by molar-refractivity contribution is 7.51. The minimum absolute atomic E-state index is 0.133. The summed E-state index contributed by atoms with van der Waals surface area (Å²) in [7, 11) is -3.99. The monoisotopic (exact) mass is 517 g/mol. The molecule has 2 aromatic heterocycles. The van der Waals surface area contributed by atoms with Gasteiger partial charge in [-0.25, -0.2) is 19.7 Å². The van der Waals surface area contributed by atoms with Crippen LogP contribution in [0.2, 0.25) is 0 Å². The molecule has 0 saturated carbocycles. The summed E-state index contributed by atoms with van der Waals surface area (Å²) in [6.07, 6.45) is -0.671. The second kappa shape index (κ2) is 10.2. The van der Waals surface area contributed by atoms with E-state index in [0.717, 1.165) is 5.56 Å². The van der Waals surface area contributed by atoms with Crippen LogP contribution in [-0.2, 0) is 23.3 Å². The summed E-state index contributed by atoms with van der Waals surface area (Å²) in [4.78, 5) is 36.9. The van der Waals surface area contributed by atoms with Crippen LogP contribution in [0, 0.1) is 0 Å². The van der Waals surface area contributed by atoms with E-state index in [1.54, 1.807) is 11.5 Å².